The van der Waals surface area contributed by atoms with Crippen LogP contribution in [-0.4, -0.2) is 31.4 Å². The average molecular weight is 363 g/mol. The fourth-order valence-electron chi connectivity index (χ4n) is 1.95. The Kier molecular flexibility index (Phi) is 5.21. The number of nitrogens with zero attached hydrogens (tertiary/aromatic N) is 4. The molecule has 6 nitrogen and oxygen atoms in total. The zero-order valence-corrected chi connectivity index (χ0v) is 14.4. The molecule has 0 saturated heterocycles. The minimum atomic E-state index is -0.429. The van der Waals surface area contributed by atoms with E-state index in [1.807, 2.05) is 17.5 Å². The summed E-state index contributed by atoms with van der Waals surface area (Å²) in [6, 6.07) is 9.75. The number of thiophene rings is 1. The van der Waals surface area contributed by atoms with Crippen molar-refractivity contribution in [3.05, 3.63) is 52.5 Å². The van der Waals surface area contributed by atoms with Crippen molar-refractivity contribution < 1.29 is 9.18 Å². The predicted octanol–water partition coefficient (Wildman–Crippen LogP) is 3.04. The van der Waals surface area contributed by atoms with E-state index in [0.717, 1.165) is 4.88 Å². The van der Waals surface area contributed by atoms with Crippen molar-refractivity contribution in [1.82, 2.24) is 20.2 Å². The quantitative estimate of drug-likeness (QED) is 0.682. The van der Waals surface area contributed by atoms with E-state index in [1.54, 1.807) is 35.1 Å². The molecule has 1 amide bonds. The minimum Gasteiger partial charge on any atom is -0.325 e. The number of hydrogen-bond donors (Lipinski definition) is 1. The highest BCUT2D eigenvalue weighted by molar-refractivity contribution is 8.00. The number of halogens is 1. The van der Waals surface area contributed by atoms with Gasteiger partial charge >= 0.3 is 0 Å². The molecule has 9 heteroatoms. The molecule has 0 spiro atoms. The van der Waals surface area contributed by atoms with E-state index in [2.05, 4.69) is 20.8 Å². The third-order valence-electron chi connectivity index (χ3n) is 3.13. The number of thioether (sulfide) groups is 1. The van der Waals surface area contributed by atoms with Crippen molar-refractivity contribution >= 4 is 34.7 Å². The van der Waals surface area contributed by atoms with Crippen molar-refractivity contribution in [2.75, 3.05) is 5.32 Å². The van der Waals surface area contributed by atoms with Gasteiger partial charge in [-0.15, -0.1) is 16.4 Å². The van der Waals surface area contributed by atoms with E-state index in [-0.39, 0.29) is 5.91 Å². The number of hydrogen-bond acceptors (Lipinski definition) is 6. The second-order valence-corrected chi connectivity index (χ2v) is 7.30. The van der Waals surface area contributed by atoms with Crippen molar-refractivity contribution in [2.24, 2.45) is 0 Å². The van der Waals surface area contributed by atoms with Gasteiger partial charge in [-0.2, -0.15) is 0 Å². The van der Waals surface area contributed by atoms with Crippen LogP contribution in [-0.2, 0) is 11.3 Å². The Morgan fingerprint density at radius 1 is 1.42 bits per heavy atom. The first-order chi connectivity index (χ1) is 11.6. The van der Waals surface area contributed by atoms with E-state index in [9.17, 15) is 9.18 Å². The Bertz CT molecular complexity index is 821. The lowest BCUT2D eigenvalue weighted by atomic mass is 10.3. The lowest BCUT2D eigenvalue weighted by Gasteiger charge is -2.11. The van der Waals surface area contributed by atoms with E-state index in [4.69, 9.17) is 0 Å². The second-order valence-electron chi connectivity index (χ2n) is 4.96. The molecule has 24 heavy (non-hydrogen) atoms. The van der Waals surface area contributed by atoms with Crippen LogP contribution in [0.4, 0.5) is 10.1 Å². The van der Waals surface area contributed by atoms with Gasteiger partial charge in [0.2, 0.25) is 11.1 Å². The van der Waals surface area contributed by atoms with Crippen molar-refractivity contribution in [1.29, 1.82) is 0 Å². The topological polar surface area (TPSA) is 72.7 Å². The molecule has 0 bridgehead atoms. The molecule has 1 N–H and O–H groups in total. The molecule has 1 atom stereocenters. The van der Waals surface area contributed by atoms with E-state index in [0.29, 0.717) is 17.4 Å². The zero-order valence-electron chi connectivity index (χ0n) is 12.7. The molecule has 1 unspecified atom stereocenters. The molecule has 2 aromatic heterocycles. The molecule has 0 aliphatic carbocycles. The summed E-state index contributed by atoms with van der Waals surface area (Å²) in [5.41, 5.74) is 0.422. The van der Waals surface area contributed by atoms with Gasteiger partial charge in [0.1, 0.15) is 5.82 Å². The predicted molar refractivity (Wildman–Crippen MR) is 91.6 cm³/mol. The lowest BCUT2D eigenvalue weighted by Crippen LogP contribution is -2.23. The molecule has 3 rings (SSSR count). The minimum absolute atomic E-state index is 0.240. The van der Waals surface area contributed by atoms with Gasteiger partial charge in [-0.1, -0.05) is 23.9 Å². The Balaban J connectivity index is 1.63. The van der Waals surface area contributed by atoms with Crippen LogP contribution in [0.2, 0.25) is 0 Å². The summed E-state index contributed by atoms with van der Waals surface area (Å²) in [5.74, 6) is -0.635. The van der Waals surface area contributed by atoms with Crippen LogP contribution in [0, 0.1) is 5.82 Å². The summed E-state index contributed by atoms with van der Waals surface area (Å²) in [5, 5.41) is 16.4. The number of aromatic nitrogens is 4. The van der Waals surface area contributed by atoms with E-state index < -0.39 is 11.1 Å². The third kappa shape index (κ3) is 4.18. The molecule has 1 aromatic carbocycles. The molecule has 0 fully saturated rings. The van der Waals surface area contributed by atoms with Gasteiger partial charge in [0.05, 0.1) is 11.8 Å². The average Bonchev–Trinajstić information content (AvgIpc) is 3.20. The molecule has 0 aliphatic rings. The van der Waals surface area contributed by atoms with Crippen molar-refractivity contribution in [2.45, 2.75) is 23.9 Å². The summed E-state index contributed by atoms with van der Waals surface area (Å²) in [6.45, 7) is 2.31. The summed E-state index contributed by atoms with van der Waals surface area (Å²) >= 11 is 2.87. The largest absolute Gasteiger partial charge is 0.325 e. The maximum Gasteiger partial charge on any atom is 0.237 e. The number of nitrogens with one attached hydrogen (secondary N) is 1. The van der Waals surface area contributed by atoms with Gasteiger partial charge in [-0.3, -0.25) is 4.79 Å². The molecule has 124 valence electrons. The number of carbonyl (C=O) groups is 1. The first-order valence-electron chi connectivity index (χ1n) is 7.13. The lowest BCUT2D eigenvalue weighted by molar-refractivity contribution is -0.115. The molecule has 0 radical (unpaired) electrons. The molecular weight excluding hydrogens is 349 g/mol. The molecular formula is C15H14FN5OS2. The number of tetrazole rings is 1. The number of rotatable bonds is 6. The Hall–Kier alpha value is -2.26. The Morgan fingerprint density at radius 2 is 2.29 bits per heavy atom. The van der Waals surface area contributed by atoms with Crippen molar-refractivity contribution in [3.8, 4) is 0 Å². The van der Waals surface area contributed by atoms with Crippen LogP contribution in [0.5, 0.6) is 0 Å². The van der Waals surface area contributed by atoms with Crippen LogP contribution in [0.3, 0.4) is 0 Å². The van der Waals surface area contributed by atoms with Crippen LogP contribution < -0.4 is 5.32 Å². The highest BCUT2D eigenvalue weighted by Crippen LogP contribution is 2.23. The molecule has 3 aromatic rings. The van der Waals surface area contributed by atoms with Gasteiger partial charge in [-0.05, 0) is 47.0 Å². The van der Waals surface area contributed by atoms with Gasteiger partial charge in [0.15, 0.2) is 0 Å². The third-order valence-corrected chi connectivity index (χ3v) is 5.06. The molecule has 0 saturated carbocycles. The maximum absolute atomic E-state index is 13.2. The summed E-state index contributed by atoms with van der Waals surface area (Å²) in [4.78, 5) is 13.4. The number of anilines is 1. The Morgan fingerprint density at radius 3 is 3.04 bits per heavy atom. The highest BCUT2D eigenvalue weighted by Gasteiger charge is 2.19. The van der Waals surface area contributed by atoms with E-state index in [1.165, 1.54) is 23.9 Å². The fraction of sp³-hybridized carbons (Fsp3) is 0.200. The molecule has 2 heterocycles. The van der Waals surface area contributed by atoms with Gasteiger partial charge in [0, 0.05) is 10.6 Å². The number of carbonyl (C=O) groups excluding carboxylic acids is 1. The van der Waals surface area contributed by atoms with Crippen LogP contribution in [0.1, 0.15) is 11.8 Å². The number of amides is 1. The fourth-order valence-corrected chi connectivity index (χ4v) is 3.43. The summed E-state index contributed by atoms with van der Waals surface area (Å²) in [6.07, 6.45) is 0. The second kappa shape index (κ2) is 7.54. The molecule has 0 aliphatic heterocycles. The van der Waals surface area contributed by atoms with E-state index >= 15 is 0 Å². The van der Waals surface area contributed by atoms with Crippen molar-refractivity contribution in [3.63, 3.8) is 0 Å². The monoisotopic (exact) mass is 363 g/mol. The normalized spacial score (nSPS) is 12.1. The van der Waals surface area contributed by atoms with Crippen LogP contribution in [0.25, 0.3) is 0 Å². The van der Waals surface area contributed by atoms with Gasteiger partial charge in [-0.25, -0.2) is 9.07 Å². The SMILES string of the molecule is CC(Sc1nnnn1Cc1cccs1)C(=O)Nc1cccc(F)c1. The first kappa shape index (κ1) is 16.6. The smallest absolute Gasteiger partial charge is 0.237 e. The standard InChI is InChI=1S/C15H14FN5OS2/c1-10(14(22)17-12-5-2-4-11(16)8-12)24-15-18-19-20-21(15)9-13-6-3-7-23-13/h2-8,10H,9H2,1H3,(H,17,22). The van der Waals surface area contributed by atoms with Crippen LogP contribution >= 0.6 is 23.1 Å². The highest BCUT2D eigenvalue weighted by atomic mass is 32.2. The zero-order chi connectivity index (χ0) is 16.9. The maximum atomic E-state index is 13.2. The summed E-state index contributed by atoms with van der Waals surface area (Å²) < 4.78 is 14.8. The van der Waals surface area contributed by atoms with Gasteiger partial charge < -0.3 is 5.32 Å². The van der Waals surface area contributed by atoms with Crippen LogP contribution in [0.15, 0.2) is 46.9 Å². The Labute approximate surface area is 146 Å². The number of benzene rings is 1. The van der Waals surface area contributed by atoms with Gasteiger partial charge in [0.25, 0.3) is 0 Å². The summed E-state index contributed by atoms with van der Waals surface area (Å²) in [7, 11) is 0. The first-order valence-corrected chi connectivity index (χ1v) is 8.89.